The van der Waals surface area contributed by atoms with E-state index < -0.39 is 10.0 Å². The number of nitrogens with two attached hydrogens (primary N) is 1. The largest absolute Gasteiger partial charge is 0.398 e. The van der Waals surface area contributed by atoms with E-state index in [1.165, 1.54) is 12.1 Å². The van der Waals surface area contributed by atoms with Gasteiger partial charge in [0.15, 0.2) is 0 Å². The van der Waals surface area contributed by atoms with E-state index in [1.807, 2.05) is 19.1 Å². The van der Waals surface area contributed by atoms with Gasteiger partial charge in [-0.05, 0) is 25.5 Å². The number of hydrogen-bond acceptors (Lipinski definition) is 3. The van der Waals surface area contributed by atoms with Crippen LogP contribution in [-0.4, -0.2) is 15.0 Å². The fourth-order valence-corrected chi connectivity index (χ4v) is 3.05. The van der Waals surface area contributed by atoms with Gasteiger partial charge in [-0.25, -0.2) is 13.1 Å². The molecule has 0 saturated heterocycles. The molecule has 0 spiro atoms. The Bertz CT molecular complexity index is 492. The minimum absolute atomic E-state index is 0.0536. The summed E-state index contributed by atoms with van der Waals surface area (Å²) in [4.78, 5) is -0.0536. The molecule has 0 amide bonds. The maximum absolute atomic E-state index is 11.9. The van der Waals surface area contributed by atoms with E-state index in [0.29, 0.717) is 13.0 Å². The fourth-order valence-electron chi connectivity index (χ4n) is 1.32. The quantitative estimate of drug-likeness (QED) is 0.491. The third-order valence-corrected chi connectivity index (χ3v) is 4.11. The van der Waals surface area contributed by atoms with Crippen LogP contribution in [0.2, 0.25) is 5.02 Å². The zero-order chi connectivity index (χ0) is 12.9. The van der Waals surface area contributed by atoms with Gasteiger partial charge in [-0.3, -0.25) is 0 Å². The third-order valence-electron chi connectivity index (χ3n) is 2.10. The van der Waals surface area contributed by atoms with Crippen LogP contribution in [-0.2, 0) is 10.0 Å². The minimum Gasteiger partial charge on any atom is -0.398 e. The van der Waals surface area contributed by atoms with Crippen molar-refractivity contribution in [1.29, 1.82) is 0 Å². The van der Waals surface area contributed by atoms with Gasteiger partial charge in [0, 0.05) is 6.54 Å². The summed E-state index contributed by atoms with van der Waals surface area (Å²) in [6.45, 7) is 2.19. The summed E-state index contributed by atoms with van der Waals surface area (Å²) in [5.74, 6) is 0. The fraction of sp³-hybridized carbons (Fsp3) is 0.273. The van der Waals surface area contributed by atoms with Crippen molar-refractivity contribution in [2.45, 2.75) is 18.2 Å². The molecule has 17 heavy (non-hydrogen) atoms. The van der Waals surface area contributed by atoms with Gasteiger partial charge in [-0.1, -0.05) is 29.8 Å². The monoisotopic (exact) mass is 274 g/mol. The molecule has 0 unspecified atom stereocenters. The average molecular weight is 275 g/mol. The first kappa shape index (κ1) is 14.0. The Labute approximate surface area is 107 Å². The van der Waals surface area contributed by atoms with Crippen molar-refractivity contribution in [3.05, 3.63) is 35.4 Å². The lowest BCUT2D eigenvalue weighted by atomic mass is 10.3. The van der Waals surface area contributed by atoms with E-state index in [1.54, 1.807) is 6.07 Å². The Morgan fingerprint density at radius 3 is 2.76 bits per heavy atom. The topological polar surface area (TPSA) is 72.2 Å². The molecule has 1 aromatic carbocycles. The van der Waals surface area contributed by atoms with Gasteiger partial charge in [-0.2, -0.15) is 0 Å². The van der Waals surface area contributed by atoms with Crippen LogP contribution in [0, 0.1) is 0 Å². The predicted molar refractivity (Wildman–Crippen MR) is 70.5 cm³/mol. The predicted octanol–water partition coefficient (Wildman–Crippen LogP) is 2.17. The number of anilines is 1. The SMILES string of the molecule is C/C=C/CCNS(=O)(=O)c1c(N)cccc1Cl. The van der Waals surface area contributed by atoms with Gasteiger partial charge in [0.05, 0.1) is 10.7 Å². The van der Waals surface area contributed by atoms with E-state index in [4.69, 9.17) is 17.3 Å². The molecule has 3 N–H and O–H groups in total. The number of benzene rings is 1. The molecule has 6 heteroatoms. The van der Waals surface area contributed by atoms with Crippen molar-refractivity contribution in [3.8, 4) is 0 Å². The van der Waals surface area contributed by atoms with Crippen molar-refractivity contribution in [2.75, 3.05) is 12.3 Å². The molecule has 0 radical (unpaired) electrons. The van der Waals surface area contributed by atoms with Gasteiger partial charge in [0.25, 0.3) is 0 Å². The van der Waals surface area contributed by atoms with Crippen molar-refractivity contribution in [1.82, 2.24) is 4.72 Å². The summed E-state index contributed by atoms with van der Waals surface area (Å²) >= 11 is 5.84. The second-order valence-electron chi connectivity index (χ2n) is 3.41. The Hall–Kier alpha value is -1.04. The molecular weight excluding hydrogens is 260 g/mol. The molecule has 1 rings (SSSR count). The summed E-state index contributed by atoms with van der Waals surface area (Å²) in [6.07, 6.45) is 4.36. The number of hydrogen-bond donors (Lipinski definition) is 2. The highest BCUT2D eigenvalue weighted by molar-refractivity contribution is 7.89. The van der Waals surface area contributed by atoms with Crippen LogP contribution in [0.5, 0.6) is 0 Å². The number of allylic oxidation sites excluding steroid dienone is 1. The number of sulfonamides is 1. The molecule has 4 nitrogen and oxygen atoms in total. The molecule has 0 fully saturated rings. The Morgan fingerprint density at radius 2 is 2.18 bits per heavy atom. The van der Waals surface area contributed by atoms with Crippen molar-refractivity contribution < 1.29 is 8.42 Å². The first-order chi connectivity index (χ1) is 7.99. The first-order valence-corrected chi connectivity index (χ1v) is 7.00. The molecule has 0 bridgehead atoms. The zero-order valence-electron chi connectivity index (χ0n) is 9.48. The lowest BCUT2D eigenvalue weighted by Crippen LogP contribution is -2.25. The molecule has 94 valence electrons. The molecule has 0 atom stereocenters. The Morgan fingerprint density at radius 1 is 1.47 bits per heavy atom. The lowest BCUT2D eigenvalue weighted by Gasteiger charge is -2.09. The smallest absolute Gasteiger partial charge is 0.244 e. The molecule has 0 aliphatic heterocycles. The van der Waals surface area contributed by atoms with Crippen LogP contribution in [0.25, 0.3) is 0 Å². The molecule has 1 aromatic rings. The summed E-state index contributed by atoms with van der Waals surface area (Å²) in [7, 11) is -3.64. The number of nitrogens with one attached hydrogen (secondary N) is 1. The van der Waals surface area contributed by atoms with Gasteiger partial charge < -0.3 is 5.73 Å². The second-order valence-corrected chi connectivity index (χ2v) is 5.52. The normalized spacial score (nSPS) is 12.1. The first-order valence-electron chi connectivity index (χ1n) is 5.14. The summed E-state index contributed by atoms with van der Waals surface area (Å²) in [5.41, 5.74) is 5.77. The average Bonchev–Trinajstić information content (AvgIpc) is 2.24. The molecule has 0 aromatic heterocycles. The van der Waals surface area contributed by atoms with E-state index in [0.717, 1.165) is 0 Å². The maximum Gasteiger partial charge on any atom is 0.244 e. The minimum atomic E-state index is -3.64. The van der Waals surface area contributed by atoms with Crippen LogP contribution < -0.4 is 10.5 Å². The number of halogens is 1. The van der Waals surface area contributed by atoms with Crippen LogP contribution in [0.1, 0.15) is 13.3 Å². The Balaban J connectivity index is 2.90. The molecular formula is C11H15ClN2O2S. The van der Waals surface area contributed by atoms with Crippen LogP contribution in [0.4, 0.5) is 5.69 Å². The van der Waals surface area contributed by atoms with Gasteiger partial charge in [-0.15, -0.1) is 0 Å². The summed E-state index contributed by atoms with van der Waals surface area (Å²) in [5, 5.41) is 0.128. The number of rotatable bonds is 5. The summed E-state index contributed by atoms with van der Waals surface area (Å²) in [6, 6.07) is 4.61. The van der Waals surface area contributed by atoms with Crippen molar-refractivity contribution in [2.24, 2.45) is 0 Å². The van der Waals surface area contributed by atoms with Crippen molar-refractivity contribution in [3.63, 3.8) is 0 Å². The highest BCUT2D eigenvalue weighted by Gasteiger charge is 2.19. The third kappa shape index (κ3) is 3.73. The molecule has 0 aliphatic carbocycles. The molecule has 0 heterocycles. The lowest BCUT2D eigenvalue weighted by molar-refractivity contribution is 0.582. The van der Waals surface area contributed by atoms with E-state index in [9.17, 15) is 8.42 Å². The highest BCUT2D eigenvalue weighted by Crippen LogP contribution is 2.26. The zero-order valence-corrected chi connectivity index (χ0v) is 11.1. The standard InChI is InChI=1S/C11H15ClN2O2S/c1-2-3-4-8-14-17(15,16)11-9(12)6-5-7-10(11)13/h2-3,5-7,14H,4,8,13H2,1H3/b3-2+. The van der Waals surface area contributed by atoms with E-state index in [2.05, 4.69) is 4.72 Å². The van der Waals surface area contributed by atoms with Crippen molar-refractivity contribution >= 4 is 27.3 Å². The van der Waals surface area contributed by atoms with Crippen LogP contribution in [0.3, 0.4) is 0 Å². The second kappa shape index (κ2) is 6.05. The Kier molecular flexibility index (Phi) is 4.99. The van der Waals surface area contributed by atoms with Gasteiger partial charge >= 0.3 is 0 Å². The maximum atomic E-state index is 11.9. The molecule has 0 saturated carbocycles. The van der Waals surface area contributed by atoms with E-state index in [-0.39, 0.29) is 15.6 Å². The molecule has 0 aliphatic rings. The van der Waals surface area contributed by atoms with Gasteiger partial charge in [0.2, 0.25) is 10.0 Å². The van der Waals surface area contributed by atoms with E-state index >= 15 is 0 Å². The van der Waals surface area contributed by atoms with Crippen LogP contribution >= 0.6 is 11.6 Å². The highest BCUT2D eigenvalue weighted by atomic mass is 35.5. The number of nitrogen functional groups attached to an aromatic ring is 1. The van der Waals surface area contributed by atoms with Crippen LogP contribution in [0.15, 0.2) is 35.2 Å². The van der Waals surface area contributed by atoms with Gasteiger partial charge in [0.1, 0.15) is 4.90 Å². The summed E-state index contributed by atoms with van der Waals surface area (Å²) < 4.78 is 26.3.